The molecule has 3 rings (SSSR count). The number of rotatable bonds is 4. The molecular formula is C19H14BrN3O2. The summed E-state index contributed by atoms with van der Waals surface area (Å²) in [6.07, 6.45) is 0.0973. The Bertz CT molecular complexity index is 973. The van der Waals surface area contributed by atoms with Gasteiger partial charge in [-0.25, -0.2) is 4.98 Å². The van der Waals surface area contributed by atoms with E-state index in [4.69, 9.17) is 9.68 Å². The van der Waals surface area contributed by atoms with Gasteiger partial charge in [0, 0.05) is 15.7 Å². The molecule has 0 aliphatic heterocycles. The van der Waals surface area contributed by atoms with Crippen molar-refractivity contribution in [3.05, 3.63) is 70.0 Å². The van der Waals surface area contributed by atoms with Crippen molar-refractivity contribution < 1.29 is 9.21 Å². The SMILES string of the molecule is Cc1oc(-c2cccc(Br)c2)nc1CC(=O)Nc1cccc(C#N)c1. The number of aryl methyl sites for hydroxylation is 1. The fraction of sp³-hybridized carbons (Fsp3) is 0.105. The topological polar surface area (TPSA) is 78.9 Å². The molecule has 3 aromatic rings. The van der Waals surface area contributed by atoms with E-state index in [1.807, 2.05) is 30.3 Å². The van der Waals surface area contributed by atoms with Crippen LogP contribution in [0.1, 0.15) is 17.0 Å². The number of hydrogen-bond donors (Lipinski definition) is 1. The molecule has 0 atom stereocenters. The van der Waals surface area contributed by atoms with Crippen LogP contribution in [0.5, 0.6) is 0 Å². The molecule has 0 unspecified atom stereocenters. The van der Waals surface area contributed by atoms with Gasteiger partial charge < -0.3 is 9.73 Å². The number of amides is 1. The highest BCUT2D eigenvalue weighted by molar-refractivity contribution is 9.10. The Labute approximate surface area is 153 Å². The van der Waals surface area contributed by atoms with E-state index in [9.17, 15) is 4.79 Å². The molecule has 1 N–H and O–H groups in total. The Kier molecular flexibility index (Phi) is 4.96. The second-order valence-corrected chi connectivity index (χ2v) is 6.37. The van der Waals surface area contributed by atoms with Gasteiger partial charge >= 0.3 is 0 Å². The Hall–Kier alpha value is -2.91. The Morgan fingerprint density at radius 3 is 2.84 bits per heavy atom. The van der Waals surface area contributed by atoms with E-state index in [-0.39, 0.29) is 12.3 Å². The molecule has 1 aromatic heterocycles. The Morgan fingerprint density at radius 1 is 1.28 bits per heavy atom. The van der Waals surface area contributed by atoms with Crippen molar-refractivity contribution in [3.8, 4) is 17.5 Å². The molecule has 0 aliphatic rings. The standard InChI is InChI=1S/C19H14BrN3O2/c1-12-17(23-19(25-12)14-5-3-6-15(20)9-14)10-18(24)22-16-7-2-4-13(8-16)11-21/h2-9H,10H2,1H3,(H,22,24). The number of aromatic nitrogens is 1. The number of nitriles is 1. The summed E-state index contributed by atoms with van der Waals surface area (Å²) < 4.78 is 6.62. The van der Waals surface area contributed by atoms with E-state index in [0.717, 1.165) is 10.0 Å². The number of oxazole rings is 1. The van der Waals surface area contributed by atoms with Crippen LogP contribution >= 0.6 is 15.9 Å². The van der Waals surface area contributed by atoms with Crippen molar-refractivity contribution in [1.82, 2.24) is 4.98 Å². The lowest BCUT2D eigenvalue weighted by Crippen LogP contribution is -2.15. The van der Waals surface area contributed by atoms with Gasteiger partial charge in [-0.05, 0) is 43.3 Å². The van der Waals surface area contributed by atoms with Gasteiger partial charge in [0.05, 0.1) is 23.7 Å². The van der Waals surface area contributed by atoms with Gasteiger partial charge in [-0.15, -0.1) is 0 Å². The first-order chi connectivity index (χ1) is 12.0. The number of nitrogens with one attached hydrogen (secondary N) is 1. The van der Waals surface area contributed by atoms with Crippen molar-refractivity contribution in [1.29, 1.82) is 5.26 Å². The molecule has 5 nitrogen and oxygen atoms in total. The molecule has 124 valence electrons. The van der Waals surface area contributed by atoms with E-state index in [1.165, 1.54) is 0 Å². The first kappa shape index (κ1) is 16.9. The van der Waals surface area contributed by atoms with Gasteiger partial charge in [0.25, 0.3) is 0 Å². The maximum atomic E-state index is 12.3. The summed E-state index contributed by atoms with van der Waals surface area (Å²) in [5.74, 6) is 0.872. The summed E-state index contributed by atoms with van der Waals surface area (Å²) in [6.45, 7) is 1.79. The van der Waals surface area contributed by atoms with Gasteiger partial charge in [-0.1, -0.05) is 28.1 Å². The summed E-state index contributed by atoms with van der Waals surface area (Å²) >= 11 is 3.42. The highest BCUT2D eigenvalue weighted by Gasteiger charge is 2.15. The number of anilines is 1. The van der Waals surface area contributed by atoms with Crippen LogP contribution in [0.2, 0.25) is 0 Å². The second-order valence-electron chi connectivity index (χ2n) is 5.45. The first-order valence-corrected chi connectivity index (χ1v) is 8.37. The average molecular weight is 396 g/mol. The van der Waals surface area contributed by atoms with Crippen LogP contribution in [0.15, 0.2) is 57.4 Å². The minimum absolute atomic E-state index is 0.0973. The average Bonchev–Trinajstić information content (AvgIpc) is 2.95. The zero-order valence-corrected chi connectivity index (χ0v) is 15.0. The molecular weight excluding hydrogens is 382 g/mol. The van der Waals surface area contributed by atoms with E-state index in [1.54, 1.807) is 31.2 Å². The zero-order chi connectivity index (χ0) is 17.8. The third-order valence-corrected chi connectivity index (χ3v) is 4.06. The normalized spacial score (nSPS) is 10.3. The van der Waals surface area contributed by atoms with Crippen LogP contribution in [0.3, 0.4) is 0 Å². The highest BCUT2D eigenvalue weighted by atomic mass is 79.9. The molecule has 2 aromatic carbocycles. The van der Waals surface area contributed by atoms with E-state index in [2.05, 4.69) is 26.2 Å². The van der Waals surface area contributed by atoms with Crippen LogP contribution in [-0.4, -0.2) is 10.9 Å². The van der Waals surface area contributed by atoms with Crippen molar-refractivity contribution in [2.75, 3.05) is 5.32 Å². The monoisotopic (exact) mass is 395 g/mol. The van der Waals surface area contributed by atoms with Gasteiger partial charge in [-0.3, -0.25) is 4.79 Å². The summed E-state index contributed by atoms with van der Waals surface area (Å²) in [4.78, 5) is 16.7. The molecule has 1 amide bonds. The van der Waals surface area contributed by atoms with Crippen LogP contribution in [0.25, 0.3) is 11.5 Å². The highest BCUT2D eigenvalue weighted by Crippen LogP contribution is 2.25. The maximum absolute atomic E-state index is 12.3. The van der Waals surface area contributed by atoms with Gasteiger partial charge in [0.2, 0.25) is 11.8 Å². The zero-order valence-electron chi connectivity index (χ0n) is 13.4. The third-order valence-electron chi connectivity index (χ3n) is 3.57. The quantitative estimate of drug-likeness (QED) is 0.706. The van der Waals surface area contributed by atoms with E-state index < -0.39 is 0 Å². The van der Waals surface area contributed by atoms with Gasteiger partial charge in [0.15, 0.2) is 0 Å². The van der Waals surface area contributed by atoms with Crippen LogP contribution in [0.4, 0.5) is 5.69 Å². The molecule has 0 radical (unpaired) electrons. The van der Waals surface area contributed by atoms with Crippen molar-refractivity contribution in [3.63, 3.8) is 0 Å². The number of carbonyl (C=O) groups excluding carboxylic acids is 1. The minimum Gasteiger partial charge on any atom is -0.441 e. The molecule has 0 fully saturated rings. The lowest BCUT2D eigenvalue weighted by molar-refractivity contribution is -0.115. The molecule has 0 saturated carbocycles. The molecule has 1 heterocycles. The van der Waals surface area contributed by atoms with Gasteiger partial charge in [-0.2, -0.15) is 5.26 Å². The number of hydrogen-bond acceptors (Lipinski definition) is 4. The van der Waals surface area contributed by atoms with Crippen molar-refractivity contribution in [2.24, 2.45) is 0 Å². The fourth-order valence-corrected chi connectivity index (χ4v) is 2.76. The van der Waals surface area contributed by atoms with Gasteiger partial charge in [0.1, 0.15) is 5.76 Å². The maximum Gasteiger partial charge on any atom is 0.230 e. The second kappa shape index (κ2) is 7.32. The molecule has 0 aliphatic carbocycles. The summed E-state index contributed by atoms with van der Waals surface area (Å²) in [5.41, 5.74) is 2.50. The van der Waals surface area contributed by atoms with E-state index in [0.29, 0.717) is 28.6 Å². The van der Waals surface area contributed by atoms with Crippen LogP contribution < -0.4 is 5.32 Å². The largest absolute Gasteiger partial charge is 0.441 e. The summed E-state index contributed by atoms with van der Waals surface area (Å²) in [7, 11) is 0. The Balaban J connectivity index is 1.74. The lowest BCUT2D eigenvalue weighted by atomic mass is 10.2. The lowest BCUT2D eigenvalue weighted by Gasteiger charge is -2.04. The first-order valence-electron chi connectivity index (χ1n) is 7.57. The van der Waals surface area contributed by atoms with Crippen molar-refractivity contribution in [2.45, 2.75) is 13.3 Å². The Morgan fingerprint density at radius 2 is 2.08 bits per heavy atom. The number of halogens is 1. The predicted molar refractivity (Wildman–Crippen MR) is 97.9 cm³/mol. The summed E-state index contributed by atoms with van der Waals surface area (Å²) in [5, 5.41) is 11.7. The predicted octanol–water partition coefficient (Wildman–Crippen LogP) is 4.47. The number of nitrogens with zero attached hydrogens (tertiary/aromatic N) is 2. The molecule has 6 heteroatoms. The molecule has 25 heavy (non-hydrogen) atoms. The fourth-order valence-electron chi connectivity index (χ4n) is 2.36. The van der Waals surface area contributed by atoms with E-state index >= 15 is 0 Å². The number of carbonyl (C=O) groups is 1. The smallest absolute Gasteiger partial charge is 0.230 e. The summed E-state index contributed by atoms with van der Waals surface area (Å²) in [6, 6.07) is 16.4. The molecule has 0 saturated heterocycles. The van der Waals surface area contributed by atoms with Crippen LogP contribution in [-0.2, 0) is 11.2 Å². The third kappa shape index (κ3) is 4.14. The number of benzene rings is 2. The minimum atomic E-state index is -0.215. The van der Waals surface area contributed by atoms with Crippen LogP contribution in [0, 0.1) is 18.3 Å². The molecule has 0 spiro atoms. The van der Waals surface area contributed by atoms with Crippen molar-refractivity contribution >= 4 is 27.5 Å². The molecule has 0 bridgehead atoms.